The van der Waals surface area contributed by atoms with E-state index in [0.29, 0.717) is 24.5 Å². The first-order valence-corrected chi connectivity index (χ1v) is 12.4. The summed E-state index contributed by atoms with van der Waals surface area (Å²) in [6, 6.07) is 6.55. The van der Waals surface area contributed by atoms with Crippen LogP contribution in [-0.4, -0.2) is 76.9 Å². The maximum atomic E-state index is 13.5. The van der Waals surface area contributed by atoms with Crippen molar-refractivity contribution in [3.05, 3.63) is 34.9 Å². The van der Waals surface area contributed by atoms with Crippen LogP contribution in [0.4, 0.5) is 4.79 Å². The zero-order chi connectivity index (χ0) is 24.1. The van der Waals surface area contributed by atoms with Crippen molar-refractivity contribution >= 4 is 23.6 Å². The van der Waals surface area contributed by atoms with Crippen LogP contribution in [0.3, 0.4) is 0 Å². The second-order valence-electron chi connectivity index (χ2n) is 10.3. The molecule has 0 spiro atoms. The number of nitrogens with one attached hydrogen (secondary N) is 1. The third kappa shape index (κ3) is 7.08. The number of hydrogen-bond acceptors (Lipinski definition) is 5. The Morgan fingerprint density at radius 1 is 1.09 bits per heavy atom. The summed E-state index contributed by atoms with van der Waals surface area (Å²) in [4.78, 5) is 30.2. The molecule has 2 heterocycles. The number of carbonyl (C=O) groups is 2. The Kier molecular flexibility index (Phi) is 8.65. The van der Waals surface area contributed by atoms with E-state index in [4.69, 9.17) is 16.3 Å². The Morgan fingerprint density at radius 3 is 2.24 bits per heavy atom. The van der Waals surface area contributed by atoms with Crippen LogP contribution in [0, 0.1) is 0 Å². The first-order chi connectivity index (χ1) is 15.6. The molecule has 7 nitrogen and oxygen atoms in total. The zero-order valence-electron chi connectivity index (χ0n) is 20.1. The number of carbonyl (C=O) groups excluding carboxylic acids is 2. The molecule has 1 atom stereocenters. The molecule has 2 aliphatic rings. The van der Waals surface area contributed by atoms with E-state index in [1.54, 1.807) is 32.9 Å². The SMILES string of the molecule is CC(C)(C)OC(=O)N[C@H](Cc1ccc(Cl)cc1)C(=O)N1CCC(CO)(N2CCCCC2)CC1. The molecule has 2 saturated heterocycles. The molecule has 184 valence electrons. The van der Waals surface area contributed by atoms with Crippen molar-refractivity contribution < 1.29 is 19.4 Å². The maximum absolute atomic E-state index is 13.5. The van der Waals surface area contributed by atoms with Crippen LogP contribution in [0.25, 0.3) is 0 Å². The van der Waals surface area contributed by atoms with E-state index in [1.165, 1.54) is 6.42 Å². The number of piperidine rings is 2. The van der Waals surface area contributed by atoms with Gasteiger partial charge in [0, 0.05) is 30.1 Å². The van der Waals surface area contributed by atoms with Gasteiger partial charge in [-0.05, 0) is 77.2 Å². The van der Waals surface area contributed by atoms with E-state index in [0.717, 1.165) is 44.3 Å². The number of aliphatic hydroxyl groups excluding tert-OH is 1. The molecule has 2 aliphatic heterocycles. The highest BCUT2D eigenvalue weighted by Gasteiger charge is 2.41. The van der Waals surface area contributed by atoms with Gasteiger partial charge in [0.2, 0.25) is 5.91 Å². The molecule has 0 aliphatic carbocycles. The van der Waals surface area contributed by atoms with Gasteiger partial charge in [-0.15, -0.1) is 0 Å². The quantitative estimate of drug-likeness (QED) is 0.651. The number of ether oxygens (including phenoxy) is 1. The normalized spacial score (nSPS) is 20.2. The summed E-state index contributed by atoms with van der Waals surface area (Å²) >= 11 is 6.00. The van der Waals surface area contributed by atoms with Gasteiger partial charge in [-0.3, -0.25) is 9.69 Å². The second kappa shape index (κ2) is 11.1. The molecule has 2 fully saturated rings. The number of likely N-dealkylation sites (tertiary alicyclic amines) is 2. The molecule has 0 bridgehead atoms. The highest BCUT2D eigenvalue weighted by molar-refractivity contribution is 6.30. The van der Waals surface area contributed by atoms with Crippen molar-refractivity contribution in [2.24, 2.45) is 0 Å². The van der Waals surface area contributed by atoms with Gasteiger partial charge in [0.1, 0.15) is 11.6 Å². The fourth-order valence-corrected chi connectivity index (χ4v) is 4.94. The monoisotopic (exact) mass is 479 g/mol. The molecule has 1 aromatic rings. The van der Waals surface area contributed by atoms with E-state index in [2.05, 4.69) is 10.2 Å². The molecule has 33 heavy (non-hydrogen) atoms. The Hall–Kier alpha value is -1.83. The Balaban J connectivity index is 1.69. The lowest BCUT2D eigenvalue weighted by Gasteiger charge is -2.49. The Bertz CT molecular complexity index is 795. The number of alkyl carbamates (subject to hydrolysis) is 1. The summed E-state index contributed by atoms with van der Waals surface area (Å²) in [7, 11) is 0. The maximum Gasteiger partial charge on any atom is 0.408 e. The minimum absolute atomic E-state index is 0.111. The number of nitrogens with zero attached hydrogens (tertiary/aromatic N) is 2. The lowest BCUT2D eigenvalue weighted by atomic mass is 9.84. The summed E-state index contributed by atoms with van der Waals surface area (Å²) in [5.41, 5.74) is 0.00328. The van der Waals surface area contributed by atoms with Crippen LogP contribution in [0.15, 0.2) is 24.3 Å². The number of aliphatic hydroxyl groups is 1. The van der Waals surface area contributed by atoms with E-state index in [9.17, 15) is 14.7 Å². The van der Waals surface area contributed by atoms with Crippen molar-refractivity contribution in [2.45, 2.75) is 76.5 Å². The fraction of sp³-hybridized carbons (Fsp3) is 0.680. The van der Waals surface area contributed by atoms with Crippen molar-refractivity contribution in [3.8, 4) is 0 Å². The van der Waals surface area contributed by atoms with Crippen molar-refractivity contribution in [1.29, 1.82) is 0 Å². The summed E-state index contributed by atoms with van der Waals surface area (Å²) in [6.45, 7) is 8.63. The van der Waals surface area contributed by atoms with Gasteiger partial charge in [0.25, 0.3) is 0 Å². The summed E-state index contributed by atoms with van der Waals surface area (Å²) in [5.74, 6) is -0.124. The molecule has 0 unspecified atom stereocenters. The highest BCUT2D eigenvalue weighted by atomic mass is 35.5. The standard InChI is InChI=1S/C25H38ClN3O4/c1-24(2,3)33-23(32)27-21(17-19-7-9-20(26)10-8-19)22(31)28-15-11-25(18-30,12-16-28)29-13-5-4-6-14-29/h7-10,21,30H,4-6,11-18H2,1-3H3,(H,27,32)/t21-/m1/s1. The lowest BCUT2D eigenvalue weighted by molar-refractivity contribution is -0.137. The Morgan fingerprint density at radius 2 is 1.70 bits per heavy atom. The molecular weight excluding hydrogens is 442 g/mol. The summed E-state index contributed by atoms with van der Waals surface area (Å²) < 4.78 is 5.41. The summed E-state index contributed by atoms with van der Waals surface area (Å²) in [5, 5.41) is 13.7. The van der Waals surface area contributed by atoms with Crippen LogP contribution in [0.5, 0.6) is 0 Å². The molecule has 0 saturated carbocycles. The predicted molar refractivity (Wildman–Crippen MR) is 129 cm³/mol. The number of halogens is 1. The van der Waals surface area contributed by atoms with Crippen LogP contribution >= 0.6 is 11.6 Å². The van der Waals surface area contributed by atoms with Gasteiger partial charge in [-0.2, -0.15) is 0 Å². The van der Waals surface area contributed by atoms with E-state index in [-0.39, 0.29) is 18.1 Å². The third-order valence-corrected chi connectivity index (χ3v) is 6.92. The lowest BCUT2D eigenvalue weighted by Crippen LogP contribution is -2.61. The average Bonchev–Trinajstić information content (AvgIpc) is 2.79. The van der Waals surface area contributed by atoms with Crippen molar-refractivity contribution in [2.75, 3.05) is 32.8 Å². The van der Waals surface area contributed by atoms with Crippen molar-refractivity contribution in [3.63, 3.8) is 0 Å². The minimum Gasteiger partial charge on any atom is -0.444 e. The van der Waals surface area contributed by atoms with Gasteiger partial charge in [-0.25, -0.2) is 4.79 Å². The topological polar surface area (TPSA) is 82.1 Å². The highest BCUT2D eigenvalue weighted by Crippen LogP contribution is 2.31. The Labute approximate surface area is 202 Å². The van der Waals surface area contributed by atoms with Gasteiger partial charge in [0.15, 0.2) is 0 Å². The first kappa shape index (κ1) is 25.8. The van der Waals surface area contributed by atoms with Gasteiger partial charge in [-0.1, -0.05) is 30.2 Å². The summed E-state index contributed by atoms with van der Waals surface area (Å²) in [6.07, 6.45) is 4.77. The average molecular weight is 480 g/mol. The van der Waals surface area contributed by atoms with E-state index in [1.807, 2.05) is 17.0 Å². The van der Waals surface area contributed by atoms with E-state index >= 15 is 0 Å². The van der Waals surface area contributed by atoms with Crippen LogP contribution in [0.1, 0.15) is 58.4 Å². The largest absolute Gasteiger partial charge is 0.444 e. The second-order valence-corrected chi connectivity index (χ2v) is 10.7. The molecule has 1 aromatic carbocycles. The zero-order valence-corrected chi connectivity index (χ0v) is 20.9. The van der Waals surface area contributed by atoms with Crippen LogP contribution in [-0.2, 0) is 16.0 Å². The van der Waals surface area contributed by atoms with E-state index < -0.39 is 17.7 Å². The third-order valence-electron chi connectivity index (χ3n) is 6.67. The number of hydrogen-bond donors (Lipinski definition) is 2. The first-order valence-electron chi connectivity index (χ1n) is 12.0. The smallest absolute Gasteiger partial charge is 0.408 e. The van der Waals surface area contributed by atoms with Crippen LogP contribution in [0.2, 0.25) is 5.02 Å². The van der Waals surface area contributed by atoms with Gasteiger partial charge in [0.05, 0.1) is 6.61 Å². The number of rotatable bonds is 6. The van der Waals surface area contributed by atoms with Crippen molar-refractivity contribution in [1.82, 2.24) is 15.1 Å². The number of benzene rings is 1. The molecule has 0 radical (unpaired) electrons. The fourth-order valence-electron chi connectivity index (χ4n) is 4.81. The van der Waals surface area contributed by atoms with Gasteiger partial charge >= 0.3 is 6.09 Å². The molecule has 2 amide bonds. The molecule has 3 rings (SSSR count). The van der Waals surface area contributed by atoms with Gasteiger partial charge < -0.3 is 20.1 Å². The number of amides is 2. The molecular formula is C25H38ClN3O4. The molecule has 8 heteroatoms. The molecule has 0 aromatic heterocycles. The minimum atomic E-state index is -0.738. The van der Waals surface area contributed by atoms with Crippen LogP contribution < -0.4 is 5.32 Å². The molecule has 2 N–H and O–H groups in total. The predicted octanol–water partition coefficient (Wildman–Crippen LogP) is 3.62.